The van der Waals surface area contributed by atoms with Gasteiger partial charge in [0.1, 0.15) is 5.82 Å². The maximum atomic E-state index is 4.64. The summed E-state index contributed by atoms with van der Waals surface area (Å²) in [5, 5.41) is 0. The zero-order valence-corrected chi connectivity index (χ0v) is 11.7. The number of imidazole rings is 1. The van der Waals surface area contributed by atoms with Crippen molar-refractivity contribution in [2.45, 2.75) is 13.8 Å². The Bertz CT molecular complexity index is 714. The molecule has 0 aliphatic heterocycles. The topological polar surface area (TPSA) is 41.6 Å². The third-order valence-electron chi connectivity index (χ3n) is 2.93. The Labute approximate surface area is 113 Å². The number of rotatable bonds is 1. The second-order valence-corrected chi connectivity index (χ2v) is 5.31. The van der Waals surface area contributed by atoms with Crippen molar-refractivity contribution < 1.29 is 0 Å². The quantitative estimate of drug-likeness (QED) is 0.738. The summed E-state index contributed by atoms with van der Waals surface area (Å²) in [4.78, 5) is 12.3. The molecule has 0 saturated carbocycles. The highest BCUT2D eigenvalue weighted by molar-refractivity contribution is 9.10. The van der Waals surface area contributed by atoms with E-state index in [2.05, 4.69) is 43.9 Å². The van der Waals surface area contributed by atoms with Gasteiger partial charge >= 0.3 is 0 Å². The van der Waals surface area contributed by atoms with Gasteiger partial charge in [0.05, 0.1) is 11.0 Å². The Morgan fingerprint density at radius 2 is 2.00 bits per heavy atom. The number of aromatic nitrogens is 3. The van der Waals surface area contributed by atoms with E-state index in [0.717, 1.165) is 38.2 Å². The summed E-state index contributed by atoms with van der Waals surface area (Å²) in [5.74, 6) is 0.860. The molecule has 0 aliphatic carbocycles. The highest BCUT2D eigenvalue weighted by Gasteiger charge is 2.08. The van der Waals surface area contributed by atoms with E-state index >= 15 is 0 Å². The van der Waals surface area contributed by atoms with E-state index in [1.165, 1.54) is 0 Å². The first-order valence-corrected chi connectivity index (χ1v) is 6.52. The van der Waals surface area contributed by atoms with Crippen molar-refractivity contribution >= 4 is 27.0 Å². The van der Waals surface area contributed by atoms with E-state index in [9.17, 15) is 0 Å². The van der Waals surface area contributed by atoms with E-state index in [1.54, 1.807) is 0 Å². The van der Waals surface area contributed by atoms with Crippen molar-refractivity contribution in [1.29, 1.82) is 0 Å². The van der Waals surface area contributed by atoms with Crippen molar-refractivity contribution in [1.82, 2.24) is 15.0 Å². The van der Waals surface area contributed by atoms with Crippen LogP contribution in [-0.2, 0) is 0 Å². The van der Waals surface area contributed by atoms with Crippen LogP contribution in [-0.4, -0.2) is 15.0 Å². The molecule has 1 aromatic carbocycles. The first kappa shape index (κ1) is 11.4. The van der Waals surface area contributed by atoms with Gasteiger partial charge in [-0.1, -0.05) is 15.9 Å². The van der Waals surface area contributed by atoms with Crippen LogP contribution in [0.2, 0.25) is 0 Å². The predicted molar refractivity (Wildman–Crippen MR) is 76.5 cm³/mol. The molecule has 4 heteroatoms. The normalized spacial score (nSPS) is 11.1. The zero-order valence-electron chi connectivity index (χ0n) is 10.2. The predicted octanol–water partition coefficient (Wildman–Crippen LogP) is 4.00. The molecular formula is C14H12BrN3. The molecule has 2 aromatic heterocycles. The number of nitrogens with one attached hydrogen (secondary N) is 1. The molecule has 0 unspecified atom stereocenters. The van der Waals surface area contributed by atoms with Crippen LogP contribution in [0.15, 0.2) is 34.9 Å². The van der Waals surface area contributed by atoms with Gasteiger partial charge in [0.25, 0.3) is 0 Å². The van der Waals surface area contributed by atoms with Crippen molar-refractivity contribution in [2.24, 2.45) is 0 Å². The number of halogens is 1. The molecule has 0 saturated heterocycles. The van der Waals surface area contributed by atoms with Crippen LogP contribution < -0.4 is 0 Å². The number of aryl methyl sites for hydroxylation is 2. The molecule has 2 heterocycles. The van der Waals surface area contributed by atoms with Crippen molar-refractivity contribution in [2.75, 3.05) is 0 Å². The van der Waals surface area contributed by atoms with Crippen LogP contribution in [0.4, 0.5) is 0 Å². The van der Waals surface area contributed by atoms with Crippen LogP contribution in [0.5, 0.6) is 0 Å². The van der Waals surface area contributed by atoms with E-state index < -0.39 is 0 Å². The Morgan fingerprint density at radius 1 is 1.17 bits per heavy atom. The molecule has 0 spiro atoms. The van der Waals surface area contributed by atoms with Gasteiger partial charge in [-0.3, -0.25) is 4.98 Å². The molecule has 0 bridgehead atoms. The fourth-order valence-corrected chi connectivity index (χ4v) is 2.56. The number of hydrogen-bond acceptors (Lipinski definition) is 2. The Morgan fingerprint density at radius 3 is 2.72 bits per heavy atom. The van der Waals surface area contributed by atoms with Gasteiger partial charge in [0.15, 0.2) is 0 Å². The van der Waals surface area contributed by atoms with Gasteiger partial charge in [-0.05, 0) is 43.7 Å². The number of aromatic amines is 1. The first-order chi connectivity index (χ1) is 8.63. The van der Waals surface area contributed by atoms with Gasteiger partial charge < -0.3 is 4.98 Å². The Balaban J connectivity index is 2.19. The smallest absolute Gasteiger partial charge is 0.140 e. The Kier molecular flexibility index (Phi) is 2.67. The molecule has 0 radical (unpaired) electrons. The molecule has 0 atom stereocenters. The summed E-state index contributed by atoms with van der Waals surface area (Å²) < 4.78 is 1.06. The van der Waals surface area contributed by atoms with Crippen molar-refractivity contribution in [3.8, 4) is 11.4 Å². The fraction of sp³-hybridized carbons (Fsp3) is 0.143. The van der Waals surface area contributed by atoms with Crippen LogP contribution in [0.3, 0.4) is 0 Å². The number of hydrogen-bond donors (Lipinski definition) is 1. The molecule has 90 valence electrons. The molecule has 0 fully saturated rings. The van der Waals surface area contributed by atoms with Gasteiger partial charge in [-0.2, -0.15) is 0 Å². The third kappa shape index (κ3) is 1.93. The third-order valence-corrected chi connectivity index (χ3v) is 3.38. The lowest BCUT2D eigenvalue weighted by atomic mass is 10.2. The van der Waals surface area contributed by atoms with E-state index in [-0.39, 0.29) is 0 Å². The Hall–Kier alpha value is -1.68. The summed E-state index contributed by atoms with van der Waals surface area (Å²) in [5.41, 5.74) is 5.22. The average molecular weight is 302 g/mol. The maximum absolute atomic E-state index is 4.64. The lowest BCUT2D eigenvalue weighted by molar-refractivity contribution is 1.19. The standard InChI is InChI=1S/C14H12BrN3/c1-8-5-11(15)6-12-13(8)18-14(17-12)10-4-3-9(2)16-7-10/h3-7H,1-2H3,(H,17,18). The summed E-state index contributed by atoms with van der Waals surface area (Å²) in [7, 11) is 0. The molecule has 3 rings (SSSR count). The highest BCUT2D eigenvalue weighted by Crippen LogP contribution is 2.25. The monoisotopic (exact) mass is 301 g/mol. The number of fused-ring (bicyclic) bond motifs is 1. The summed E-state index contributed by atoms with van der Waals surface area (Å²) in [6.45, 7) is 4.04. The molecule has 3 nitrogen and oxygen atoms in total. The lowest BCUT2D eigenvalue weighted by Crippen LogP contribution is -1.84. The maximum Gasteiger partial charge on any atom is 0.140 e. The van der Waals surface area contributed by atoms with Crippen LogP contribution in [0.1, 0.15) is 11.3 Å². The van der Waals surface area contributed by atoms with E-state index in [1.807, 2.05) is 31.3 Å². The molecular weight excluding hydrogens is 290 g/mol. The first-order valence-electron chi connectivity index (χ1n) is 5.72. The molecule has 1 N–H and O–H groups in total. The van der Waals surface area contributed by atoms with E-state index in [0.29, 0.717) is 0 Å². The van der Waals surface area contributed by atoms with Crippen molar-refractivity contribution in [3.63, 3.8) is 0 Å². The van der Waals surface area contributed by atoms with Crippen LogP contribution >= 0.6 is 15.9 Å². The average Bonchev–Trinajstić information content (AvgIpc) is 2.74. The summed E-state index contributed by atoms with van der Waals surface area (Å²) in [6, 6.07) is 8.14. The van der Waals surface area contributed by atoms with Crippen LogP contribution in [0, 0.1) is 13.8 Å². The lowest BCUT2D eigenvalue weighted by Gasteiger charge is -1.95. The second-order valence-electron chi connectivity index (χ2n) is 4.39. The molecule has 0 amide bonds. The van der Waals surface area contributed by atoms with E-state index in [4.69, 9.17) is 0 Å². The van der Waals surface area contributed by atoms with Crippen molar-refractivity contribution in [3.05, 3.63) is 46.2 Å². The minimum Gasteiger partial charge on any atom is -0.338 e. The number of pyridine rings is 1. The largest absolute Gasteiger partial charge is 0.338 e. The highest BCUT2D eigenvalue weighted by atomic mass is 79.9. The van der Waals surface area contributed by atoms with Gasteiger partial charge in [0.2, 0.25) is 0 Å². The number of benzene rings is 1. The minimum atomic E-state index is 0.860. The SMILES string of the molecule is Cc1ccc(-c2nc3c(C)cc(Br)cc3[nH]2)cn1. The summed E-state index contributed by atoms with van der Waals surface area (Å²) >= 11 is 3.50. The fourth-order valence-electron chi connectivity index (χ4n) is 1.99. The second kappa shape index (κ2) is 4.21. The number of H-pyrrole nitrogens is 1. The number of nitrogens with zero attached hydrogens (tertiary/aromatic N) is 2. The zero-order chi connectivity index (χ0) is 12.7. The minimum absolute atomic E-state index is 0.860. The molecule has 3 aromatic rings. The molecule has 18 heavy (non-hydrogen) atoms. The van der Waals surface area contributed by atoms with Gasteiger partial charge in [-0.25, -0.2) is 4.98 Å². The summed E-state index contributed by atoms with van der Waals surface area (Å²) in [6.07, 6.45) is 1.84. The molecule has 0 aliphatic rings. The van der Waals surface area contributed by atoms with Gasteiger partial charge in [-0.15, -0.1) is 0 Å². The van der Waals surface area contributed by atoms with Crippen LogP contribution in [0.25, 0.3) is 22.4 Å². The van der Waals surface area contributed by atoms with Gasteiger partial charge in [0, 0.05) is 21.9 Å².